The van der Waals surface area contributed by atoms with E-state index in [0.29, 0.717) is 39.9 Å². The number of hydrogen-bond donors (Lipinski definition) is 0. The topological polar surface area (TPSA) is 75.6 Å². The van der Waals surface area contributed by atoms with Crippen molar-refractivity contribution in [3.8, 4) is 23.0 Å². The number of aryl methyl sites for hydroxylation is 1. The van der Waals surface area contributed by atoms with Gasteiger partial charge >= 0.3 is 5.97 Å². The van der Waals surface area contributed by atoms with Gasteiger partial charge in [-0.1, -0.05) is 35.9 Å². The van der Waals surface area contributed by atoms with Crippen LogP contribution in [0.25, 0.3) is 11.3 Å². The average Bonchev–Trinajstić information content (AvgIpc) is 3.28. The van der Waals surface area contributed by atoms with Gasteiger partial charge in [-0.3, -0.25) is 0 Å². The van der Waals surface area contributed by atoms with Crippen LogP contribution in [0.15, 0.2) is 77.4 Å². The molecule has 7 nitrogen and oxygen atoms in total. The lowest BCUT2D eigenvalue weighted by Gasteiger charge is -2.22. The fourth-order valence-corrected chi connectivity index (χ4v) is 3.99. The molecule has 7 heteroatoms. The standard InChI is InChI=1S/C28H23NO6/c1-16-9-11-17(12-10-16)27-29-25(28(30)35-27)20-15-22(34-21-8-6-5-7-19(20)21)18-13-23(31-2)26(33-4)24(14-18)32-3/h5-15H,1-4H3/b25-20-. The molecule has 0 spiro atoms. The maximum Gasteiger partial charge on any atom is 0.364 e. The SMILES string of the molecule is COc1cc(C2=C/C(=C3/N=C(c4ccc(C)cc4)OC3=O)c3ccccc3O2)cc(OC)c1OC. The lowest BCUT2D eigenvalue weighted by Crippen LogP contribution is -2.09. The lowest BCUT2D eigenvalue weighted by molar-refractivity contribution is -0.129. The summed E-state index contributed by atoms with van der Waals surface area (Å²) < 4.78 is 28.2. The van der Waals surface area contributed by atoms with E-state index in [1.807, 2.05) is 55.5 Å². The zero-order valence-electron chi connectivity index (χ0n) is 19.7. The van der Waals surface area contributed by atoms with Gasteiger partial charge < -0.3 is 23.7 Å². The van der Waals surface area contributed by atoms with Crippen molar-refractivity contribution in [2.45, 2.75) is 6.92 Å². The number of ether oxygens (including phenoxy) is 5. The Morgan fingerprint density at radius 2 is 1.49 bits per heavy atom. The average molecular weight is 469 g/mol. The first-order valence-corrected chi connectivity index (χ1v) is 10.9. The van der Waals surface area contributed by atoms with Gasteiger partial charge in [-0.25, -0.2) is 9.79 Å². The van der Waals surface area contributed by atoms with Crippen molar-refractivity contribution in [2.24, 2.45) is 4.99 Å². The fraction of sp³-hybridized carbons (Fsp3) is 0.143. The van der Waals surface area contributed by atoms with Crippen LogP contribution in [0.3, 0.4) is 0 Å². The van der Waals surface area contributed by atoms with Gasteiger partial charge in [-0.2, -0.15) is 0 Å². The van der Waals surface area contributed by atoms with Crippen molar-refractivity contribution in [2.75, 3.05) is 21.3 Å². The van der Waals surface area contributed by atoms with Gasteiger partial charge in [0.15, 0.2) is 17.2 Å². The van der Waals surface area contributed by atoms with E-state index in [9.17, 15) is 4.79 Å². The Balaban J connectivity index is 1.67. The molecule has 2 aliphatic heterocycles. The highest BCUT2D eigenvalue weighted by Crippen LogP contribution is 2.44. The van der Waals surface area contributed by atoms with Gasteiger partial charge in [0.25, 0.3) is 0 Å². The number of hydrogen-bond acceptors (Lipinski definition) is 7. The first-order valence-electron chi connectivity index (χ1n) is 10.9. The van der Waals surface area contributed by atoms with Crippen LogP contribution in [0.4, 0.5) is 0 Å². The Hall–Kier alpha value is -4.52. The van der Waals surface area contributed by atoms with Gasteiger partial charge in [-0.05, 0) is 43.3 Å². The summed E-state index contributed by atoms with van der Waals surface area (Å²) >= 11 is 0. The van der Waals surface area contributed by atoms with Crippen molar-refractivity contribution in [3.05, 3.63) is 94.7 Å². The molecular formula is C28H23NO6. The van der Waals surface area contributed by atoms with Crippen LogP contribution >= 0.6 is 0 Å². The number of cyclic esters (lactones) is 1. The first kappa shape index (κ1) is 22.3. The molecule has 2 heterocycles. The van der Waals surface area contributed by atoms with Gasteiger partial charge in [0.1, 0.15) is 11.5 Å². The van der Waals surface area contributed by atoms with Gasteiger partial charge in [0.05, 0.1) is 21.3 Å². The maximum absolute atomic E-state index is 12.9. The van der Waals surface area contributed by atoms with E-state index in [2.05, 4.69) is 4.99 Å². The van der Waals surface area contributed by atoms with Crippen LogP contribution < -0.4 is 18.9 Å². The Bertz CT molecular complexity index is 1390. The van der Waals surface area contributed by atoms with Crippen molar-refractivity contribution in [1.82, 2.24) is 0 Å². The van der Waals surface area contributed by atoms with Crippen molar-refractivity contribution in [1.29, 1.82) is 0 Å². The van der Waals surface area contributed by atoms with Crippen LogP contribution in [0, 0.1) is 6.92 Å². The second-order valence-electron chi connectivity index (χ2n) is 7.96. The van der Waals surface area contributed by atoms with Gasteiger partial charge in [0, 0.05) is 22.3 Å². The molecule has 5 rings (SSSR count). The Morgan fingerprint density at radius 1 is 0.800 bits per heavy atom. The number of carbonyl (C=O) groups excluding carboxylic acids is 1. The summed E-state index contributed by atoms with van der Waals surface area (Å²) in [7, 11) is 4.65. The minimum absolute atomic E-state index is 0.210. The number of nitrogens with zero attached hydrogens (tertiary/aromatic N) is 1. The number of fused-ring (bicyclic) bond motifs is 1. The zero-order chi connectivity index (χ0) is 24.5. The Labute approximate surface area is 202 Å². The molecular weight excluding hydrogens is 446 g/mol. The maximum atomic E-state index is 12.9. The second-order valence-corrected chi connectivity index (χ2v) is 7.96. The predicted octanol–water partition coefficient (Wildman–Crippen LogP) is 5.17. The third-order valence-electron chi connectivity index (χ3n) is 5.77. The quantitative estimate of drug-likeness (QED) is 0.379. The molecule has 0 unspecified atom stereocenters. The molecule has 0 aromatic heterocycles. The van der Waals surface area contributed by atoms with Crippen molar-refractivity contribution in [3.63, 3.8) is 0 Å². The molecule has 0 bridgehead atoms. The molecule has 0 saturated carbocycles. The molecule has 35 heavy (non-hydrogen) atoms. The van der Waals surface area contributed by atoms with Gasteiger partial charge in [0.2, 0.25) is 11.6 Å². The third-order valence-corrected chi connectivity index (χ3v) is 5.77. The van der Waals surface area contributed by atoms with Crippen molar-refractivity contribution >= 4 is 23.2 Å². The second kappa shape index (κ2) is 9.02. The highest BCUT2D eigenvalue weighted by atomic mass is 16.6. The first-order chi connectivity index (χ1) is 17.0. The van der Waals surface area contributed by atoms with E-state index in [1.165, 1.54) is 0 Å². The molecule has 3 aromatic carbocycles. The number of rotatable bonds is 5. The summed E-state index contributed by atoms with van der Waals surface area (Å²) in [4.78, 5) is 17.5. The number of para-hydroxylation sites is 1. The molecule has 0 aliphatic carbocycles. The van der Waals surface area contributed by atoms with E-state index in [0.717, 1.165) is 16.7 Å². The van der Waals surface area contributed by atoms with Crippen LogP contribution in [0.1, 0.15) is 22.3 Å². The predicted molar refractivity (Wildman–Crippen MR) is 132 cm³/mol. The van der Waals surface area contributed by atoms with Crippen LogP contribution in [0.5, 0.6) is 23.0 Å². The molecule has 0 atom stereocenters. The minimum Gasteiger partial charge on any atom is -0.493 e. The molecule has 0 amide bonds. The van der Waals surface area contributed by atoms with E-state index in [-0.39, 0.29) is 11.6 Å². The molecule has 0 saturated heterocycles. The highest BCUT2D eigenvalue weighted by Gasteiger charge is 2.31. The van der Waals surface area contributed by atoms with Crippen LogP contribution in [-0.2, 0) is 9.53 Å². The smallest absolute Gasteiger partial charge is 0.364 e. The van der Waals surface area contributed by atoms with Crippen molar-refractivity contribution < 1.29 is 28.5 Å². The molecule has 2 aliphatic rings. The number of allylic oxidation sites excluding steroid dienone is 2. The number of methoxy groups -OCH3 is 3. The number of esters is 1. The van der Waals surface area contributed by atoms with E-state index in [4.69, 9.17) is 23.7 Å². The minimum atomic E-state index is -0.521. The van der Waals surface area contributed by atoms with Crippen LogP contribution in [-0.4, -0.2) is 33.2 Å². The monoisotopic (exact) mass is 469 g/mol. The zero-order valence-corrected chi connectivity index (χ0v) is 19.7. The van der Waals surface area contributed by atoms with E-state index in [1.54, 1.807) is 39.5 Å². The number of aliphatic imine (C=N–C) groups is 1. The highest BCUT2D eigenvalue weighted by molar-refractivity contribution is 6.15. The summed E-state index contributed by atoms with van der Waals surface area (Å²) in [5.74, 6) is 2.28. The molecule has 3 aromatic rings. The summed E-state index contributed by atoms with van der Waals surface area (Å²) in [6.45, 7) is 1.99. The third kappa shape index (κ3) is 4.01. The largest absolute Gasteiger partial charge is 0.493 e. The molecule has 0 fully saturated rings. The van der Waals surface area contributed by atoms with E-state index >= 15 is 0 Å². The molecule has 0 N–H and O–H groups in total. The lowest BCUT2D eigenvalue weighted by atomic mass is 9.97. The number of carbonyl (C=O) groups is 1. The van der Waals surface area contributed by atoms with Crippen LogP contribution in [0.2, 0.25) is 0 Å². The normalized spacial score (nSPS) is 16.5. The summed E-state index contributed by atoms with van der Waals surface area (Å²) in [6, 6.07) is 18.7. The summed E-state index contributed by atoms with van der Waals surface area (Å²) in [5, 5.41) is 0. The Kier molecular flexibility index (Phi) is 5.74. The van der Waals surface area contributed by atoms with E-state index < -0.39 is 5.97 Å². The Morgan fingerprint density at radius 3 is 2.14 bits per heavy atom. The molecule has 0 radical (unpaired) electrons. The fourth-order valence-electron chi connectivity index (χ4n) is 3.99. The number of benzene rings is 3. The summed E-state index contributed by atoms with van der Waals surface area (Å²) in [5.41, 5.74) is 4.07. The van der Waals surface area contributed by atoms with Gasteiger partial charge in [-0.15, -0.1) is 0 Å². The molecule has 176 valence electrons. The summed E-state index contributed by atoms with van der Waals surface area (Å²) in [6.07, 6.45) is 1.78.